The van der Waals surface area contributed by atoms with Crippen molar-refractivity contribution in [2.75, 3.05) is 0 Å². The SMILES string of the molecule is Fc1cnc(Cl)c(CBr)c1C(F)F. The summed E-state index contributed by atoms with van der Waals surface area (Å²) < 4.78 is 37.5. The average molecular weight is 274 g/mol. The standard InChI is InChI=1S/C7H4BrClF3N/c8-1-3-5(7(11)12)4(10)2-13-6(3)9/h2,7H,1H2. The summed E-state index contributed by atoms with van der Waals surface area (Å²) in [6.45, 7) is 0. The van der Waals surface area contributed by atoms with Crippen molar-refractivity contribution in [1.82, 2.24) is 4.98 Å². The minimum atomic E-state index is -2.88. The van der Waals surface area contributed by atoms with Gasteiger partial charge in [0.15, 0.2) is 5.82 Å². The molecule has 1 aromatic rings. The van der Waals surface area contributed by atoms with E-state index in [1.54, 1.807) is 0 Å². The predicted octanol–water partition coefficient (Wildman–Crippen LogP) is 3.71. The summed E-state index contributed by atoms with van der Waals surface area (Å²) in [7, 11) is 0. The molecular formula is C7H4BrClF3N. The van der Waals surface area contributed by atoms with Gasteiger partial charge in [-0.15, -0.1) is 0 Å². The maximum absolute atomic E-state index is 12.8. The monoisotopic (exact) mass is 273 g/mol. The molecule has 0 aliphatic heterocycles. The van der Waals surface area contributed by atoms with Crippen LogP contribution in [0.1, 0.15) is 17.6 Å². The molecule has 0 amide bonds. The van der Waals surface area contributed by atoms with Gasteiger partial charge in [0.1, 0.15) is 5.15 Å². The largest absolute Gasteiger partial charge is 0.267 e. The van der Waals surface area contributed by atoms with Crippen molar-refractivity contribution in [3.63, 3.8) is 0 Å². The number of aromatic nitrogens is 1. The van der Waals surface area contributed by atoms with Crippen LogP contribution in [-0.2, 0) is 5.33 Å². The summed E-state index contributed by atoms with van der Waals surface area (Å²) in [5.41, 5.74) is -0.687. The summed E-state index contributed by atoms with van der Waals surface area (Å²) >= 11 is 8.44. The molecule has 1 nitrogen and oxygen atoms in total. The van der Waals surface area contributed by atoms with Gasteiger partial charge in [-0.2, -0.15) is 0 Å². The van der Waals surface area contributed by atoms with Gasteiger partial charge < -0.3 is 0 Å². The Bertz CT molecular complexity index is 319. The van der Waals surface area contributed by atoms with Crippen molar-refractivity contribution in [1.29, 1.82) is 0 Å². The van der Waals surface area contributed by atoms with E-state index in [-0.39, 0.29) is 16.0 Å². The van der Waals surface area contributed by atoms with Crippen LogP contribution in [0.3, 0.4) is 0 Å². The van der Waals surface area contributed by atoms with Crippen molar-refractivity contribution in [3.8, 4) is 0 Å². The zero-order valence-corrected chi connectivity index (χ0v) is 8.54. The molecule has 0 fully saturated rings. The van der Waals surface area contributed by atoms with Gasteiger partial charge in [-0.05, 0) is 0 Å². The Hall–Kier alpha value is -0.290. The Balaban J connectivity index is 3.35. The molecule has 0 N–H and O–H groups in total. The lowest BCUT2D eigenvalue weighted by Gasteiger charge is -2.07. The maximum Gasteiger partial charge on any atom is 0.267 e. The third-order valence-corrected chi connectivity index (χ3v) is 2.36. The Morgan fingerprint density at radius 3 is 2.54 bits per heavy atom. The van der Waals surface area contributed by atoms with Crippen molar-refractivity contribution in [2.45, 2.75) is 11.8 Å². The van der Waals surface area contributed by atoms with Gasteiger partial charge in [0.2, 0.25) is 0 Å². The second-order valence-corrected chi connectivity index (χ2v) is 3.14. The van der Waals surface area contributed by atoms with Gasteiger partial charge in [-0.1, -0.05) is 27.5 Å². The van der Waals surface area contributed by atoms with Crippen LogP contribution in [0, 0.1) is 5.82 Å². The van der Waals surface area contributed by atoms with Crippen molar-refractivity contribution in [3.05, 3.63) is 28.3 Å². The highest BCUT2D eigenvalue weighted by Crippen LogP contribution is 2.30. The number of halogens is 5. The normalized spacial score (nSPS) is 10.9. The Morgan fingerprint density at radius 1 is 1.54 bits per heavy atom. The van der Waals surface area contributed by atoms with E-state index in [0.717, 1.165) is 0 Å². The number of alkyl halides is 3. The van der Waals surface area contributed by atoms with E-state index in [1.807, 2.05) is 0 Å². The molecule has 0 saturated heterocycles. The molecule has 0 atom stereocenters. The topological polar surface area (TPSA) is 12.9 Å². The van der Waals surface area contributed by atoms with Gasteiger partial charge in [0.05, 0.1) is 11.8 Å². The highest BCUT2D eigenvalue weighted by atomic mass is 79.9. The Labute approximate surface area is 86.0 Å². The molecule has 1 heterocycles. The average Bonchev–Trinajstić information content (AvgIpc) is 2.07. The highest BCUT2D eigenvalue weighted by Gasteiger charge is 2.20. The smallest absolute Gasteiger partial charge is 0.241 e. The van der Waals surface area contributed by atoms with E-state index in [2.05, 4.69) is 20.9 Å². The summed E-state index contributed by atoms with van der Waals surface area (Å²) in [5.74, 6) is -1.03. The zero-order valence-electron chi connectivity index (χ0n) is 6.20. The fourth-order valence-electron chi connectivity index (χ4n) is 0.879. The van der Waals surface area contributed by atoms with Crippen LogP contribution in [0.5, 0.6) is 0 Å². The number of pyridine rings is 1. The van der Waals surface area contributed by atoms with Crippen LogP contribution in [-0.4, -0.2) is 4.98 Å². The lowest BCUT2D eigenvalue weighted by molar-refractivity contribution is 0.145. The van der Waals surface area contributed by atoms with Crippen molar-refractivity contribution >= 4 is 27.5 Å². The van der Waals surface area contributed by atoms with E-state index in [1.165, 1.54) is 0 Å². The molecule has 0 spiro atoms. The van der Waals surface area contributed by atoms with Gasteiger partial charge in [-0.25, -0.2) is 18.2 Å². The van der Waals surface area contributed by atoms with Gasteiger partial charge in [0.25, 0.3) is 6.43 Å². The molecule has 1 aromatic heterocycles. The van der Waals surface area contributed by atoms with Gasteiger partial charge in [0, 0.05) is 10.9 Å². The van der Waals surface area contributed by atoms with E-state index >= 15 is 0 Å². The van der Waals surface area contributed by atoms with Crippen LogP contribution in [0.15, 0.2) is 6.20 Å². The summed E-state index contributed by atoms with van der Waals surface area (Å²) in [6.07, 6.45) is -2.19. The van der Waals surface area contributed by atoms with Crippen LogP contribution in [0.25, 0.3) is 0 Å². The molecule has 0 aliphatic rings. The third-order valence-electron chi connectivity index (χ3n) is 1.47. The first-order valence-corrected chi connectivity index (χ1v) is 4.74. The molecule has 0 radical (unpaired) electrons. The lowest BCUT2D eigenvalue weighted by atomic mass is 10.1. The fourth-order valence-corrected chi connectivity index (χ4v) is 1.83. The predicted molar refractivity (Wildman–Crippen MR) is 46.8 cm³/mol. The van der Waals surface area contributed by atoms with E-state index < -0.39 is 17.8 Å². The minimum absolute atomic E-state index is 0.00309. The molecule has 0 aromatic carbocycles. The van der Waals surface area contributed by atoms with E-state index in [4.69, 9.17) is 11.6 Å². The highest BCUT2D eigenvalue weighted by molar-refractivity contribution is 9.08. The van der Waals surface area contributed by atoms with Crippen LogP contribution < -0.4 is 0 Å². The first kappa shape index (κ1) is 10.8. The van der Waals surface area contributed by atoms with Gasteiger partial charge >= 0.3 is 0 Å². The van der Waals surface area contributed by atoms with Crippen molar-refractivity contribution < 1.29 is 13.2 Å². The molecule has 0 bridgehead atoms. The molecule has 6 heteroatoms. The van der Waals surface area contributed by atoms with Crippen LogP contribution in [0.4, 0.5) is 13.2 Å². The molecule has 72 valence electrons. The second-order valence-electron chi connectivity index (χ2n) is 2.22. The summed E-state index contributed by atoms with van der Waals surface area (Å²) in [6, 6.07) is 0. The maximum atomic E-state index is 12.8. The van der Waals surface area contributed by atoms with Gasteiger partial charge in [-0.3, -0.25) is 0 Å². The Morgan fingerprint density at radius 2 is 2.15 bits per heavy atom. The number of hydrogen-bond acceptors (Lipinski definition) is 1. The molecule has 0 saturated carbocycles. The number of hydrogen-bond donors (Lipinski definition) is 0. The molecule has 1 rings (SSSR count). The molecule has 0 unspecified atom stereocenters. The minimum Gasteiger partial charge on any atom is -0.241 e. The quantitative estimate of drug-likeness (QED) is 0.592. The number of nitrogens with zero attached hydrogens (tertiary/aromatic N) is 1. The van der Waals surface area contributed by atoms with Crippen molar-refractivity contribution in [2.24, 2.45) is 0 Å². The molecular weight excluding hydrogens is 270 g/mol. The second kappa shape index (κ2) is 4.28. The summed E-state index contributed by atoms with van der Waals surface area (Å²) in [5, 5.41) is -0.0513. The first-order valence-electron chi connectivity index (χ1n) is 3.24. The molecule has 13 heavy (non-hydrogen) atoms. The number of rotatable bonds is 2. The van der Waals surface area contributed by atoms with E-state index in [9.17, 15) is 13.2 Å². The molecule has 0 aliphatic carbocycles. The third kappa shape index (κ3) is 2.14. The zero-order chi connectivity index (χ0) is 10.0. The lowest BCUT2D eigenvalue weighted by Crippen LogP contribution is -1.99. The first-order chi connectivity index (χ1) is 6.07. The summed E-state index contributed by atoms with van der Waals surface area (Å²) in [4.78, 5) is 3.42. The van der Waals surface area contributed by atoms with E-state index in [0.29, 0.717) is 6.20 Å². The van der Waals surface area contributed by atoms with Crippen LogP contribution >= 0.6 is 27.5 Å². The fraction of sp³-hybridized carbons (Fsp3) is 0.286. The van der Waals surface area contributed by atoms with Crippen LogP contribution in [0.2, 0.25) is 5.15 Å². The Kier molecular flexibility index (Phi) is 3.55.